The molecule has 5 nitrogen and oxygen atoms in total. The van der Waals surface area contributed by atoms with E-state index in [1.165, 1.54) is 12.1 Å². The number of benzene rings is 2. The van der Waals surface area contributed by atoms with E-state index in [1.807, 2.05) is 0 Å². The zero-order valence-corrected chi connectivity index (χ0v) is 10.6. The minimum absolute atomic E-state index is 0.00991. The number of hydrogen-bond acceptors (Lipinski definition) is 4. The highest BCUT2D eigenvalue weighted by atomic mass is 16.3. The van der Waals surface area contributed by atoms with Crippen molar-refractivity contribution in [3.8, 4) is 5.75 Å². The maximum Gasteiger partial charge on any atom is 0.207 e. The monoisotopic (exact) mass is 270 g/mol. The molecule has 0 aromatic heterocycles. The Labute approximate surface area is 116 Å². The Morgan fingerprint density at radius 3 is 2.45 bits per heavy atom. The SMILES string of the molecule is Nc1cccc(O)c1C(=O)C(NC=O)c1ccccc1. The average Bonchev–Trinajstić information content (AvgIpc) is 2.45. The molecule has 0 saturated carbocycles. The minimum atomic E-state index is -0.885. The quantitative estimate of drug-likeness (QED) is 0.437. The number of rotatable bonds is 5. The molecule has 1 unspecified atom stereocenters. The zero-order chi connectivity index (χ0) is 14.5. The van der Waals surface area contributed by atoms with Crippen LogP contribution < -0.4 is 11.1 Å². The molecule has 0 saturated heterocycles. The number of Topliss-reactive ketones (excluding diaryl/α,β-unsaturated/α-hetero) is 1. The average molecular weight is 270 g/mol. The molecule has 5 heteroatoms. The van der Waals surface area contributed by atoms with Crippen molar-refractivity contribution in [2.24, 2.45) is 0 Å². The molecular weight excluding hydrogens is 256 g/mol. The highest BCUT2D eigenvalue weighted by Crippen LogP contribution is 2.28. The summed E-state index contributed by atoms with van der Waals surface area (Å²) in [4.78, 5) is 23.3. The molecule has 0 bridgehead atoms. The van der Waals surface area contributed by atoms with Gasteiger partial charge in [0.05, 0.1) is 5.56 Å². The van der Waals surface area contributed by atoms with Gasteiger partial charge in [0, 0.05) is 5.69 Å². The second-order valence-electron chi connectivity index (χ2n) is 4.23. The van der Waals surface area contributed by atoms with E-state index in [0.29, 0.717) is 12.0 Å². The number of aromatic hydroxyl groups is 1. The molecule has 2 rings (SSSR count). The Morgan fingerprint density at radius 2 is 1.85 bits per heavy atom. The van der Waals surface area contributed by atoms with Crippen LogP contribution in [-0.2, 0) is 4.79 Å². The first kappa shape index (κ1) is 13.6. The summed E-state index contributed by atoms with van der Waals surface area (Å²) in [6.07, 6.45) is 0.450. The Bertz CT molecular complexity index is 606. The fraction of sp³-hybridized carbons (Fsp3) is 0.0667. The lowest BCUT2D eigenvalue weighted by molar-refractivity contribution is -0.110. The van der Waals surface area contributed by atoms with Gasteiger partial charge in [0.15, 0.2) is 5.78 Å². The summed E-state index contributed by atoms with van der Waals surface area (Å²) in [6, 6.07) is 12.3. The van der Waals surface area contributed by atoms with Gasteiger partial charge in [0.1, 0.15) is 11.8 Å². The maximum absolute atomic E-state index is 12.5. The molecule has 102 valence electrons. The molecule has 0 aliphatic carbocycles. The van der Waals surface area contributed by atoms with Crippen molar-refractivity contribution < 1.29 is 14.7 Å². The number of carbonyl (C=O) groups excluding carboxylic acids is 2. The number of carbonyl (C=O) groups is 2. The first-order valence-electron chi connectivity index (χ1n) is 6.01. The number of phenols is 1. The highest BCUT2D eigenvalue weighted by Gasteiger charge is 2.25. The standard InChI is InChI=1S/C15H14N2O3/c16-11-7-4-8-12(19)13(11)15(20)14(17-9-18)10-5-2-1-3-6-10/h1-9,14,19H,16H2,(H,17,18). The summed E-state index contributed by atoms with van der Waals surface area (Å²) < 4.78 is 0. The number of nitrogens with one attached hydrogen (secondary N) is 1. The van der Waals surface area contributed by atoms with Crippen molar-refractivity contribution in [1.82, 2.24) is 5.32 Å². The third-order valence-corrected chi connectivity index (χ3v) is 2.95. The van der Waals surface area contributed by atoms with Crippen molar-refractivity contribution in [2.75, 3.05) is 5.73 Å². The lowest BCUT2D eigenvalue weighted by Crippen LogP contribution is -2.28. The summed E-state index contributed by atoms with van der Waals surface area (Å²) in [5.41, 5.74) is 6.54. The van der Waals surface area contributed by atoms with E-state index in [-0.39, 0.29) is 17.0 Å². The van der Waals surface area contributed by atoms with Gasteiger partial charge in [0.2, 0.25) is 6.41 Å². The minimum Gasteiger partial charge on any atom is -0.507 e. The van der Waals surface area contributed by atoms with Crippen LogP contribution >= 0.6 is 0 Å². The fourth-order valence-corrected chi connectivity index (χ4v) is 2.01. The normalized spacial score (nSPS) is 11.6. The molecule has 2 aromatic carbocycles. The van der Waals surface area contributed by atoms with Crippen molar-refractivity contribution in [1.29, 1.82) is 0 Å². The molecule has 2 aromatic rings. The Kier molecular flexibility index (Phi) is 4.00. The number of nitrogens with two attached hydrogens (primary N) is 1. The van der Waals surface area contributed by atoms with Crippen molar-refractivity contribution in [3.05, 3.63) is 59.7 Å². The summed E-state index contributed by atoms with van der Waals surface area (Å²) >= 11 is 0. The van der Waals surface area contributed by atoms with Crippen LogP contribution in [0.25, 0.3) is 0 Å². The van der Waals surface area contributed by atoms with E-state index < -0.39 is 11.8 Å². The Hall–Kier alpha value is -2.82. The number of phenolic OH excluding ortho intramolecular Hbond substituents is 1. The molecule has 20 heavy (non-hydrogen) atoms. The van der Waals surface area contributed by atoms with Gasteiger partial charge in [-0.15, -0.1) is 0 Å². The lowest BCUT2D eigenvalue weighted by Gasteiger charge is -2.17. The smallest absolute Gasteiger partial charge is 0.207 e. The highest BCUT2D eigenvalue weighted by molar-refractivity contribution is 6.07. The predicted molar refractivity (Wildman–Crippen MR) is 75.2 cm³/mol. The van der Waals surface area contributed by atoms with Gasteiger partial charge in [-0.05, 0) is 17.7 Å². The number of hydrogen-bond donors (Lipinski definition) is 3. The van der Waals surface area contributed by atoms with Crippen LogP contribution in [-0.4, -0.2) is 17.3 Å². The number of ketones is 1. The predicted octanol–water partition coefficient (Wildman–Crippen LogP) is 1.64. The fourth-order valence-electron chi connectivity index (χ4n) is 2.01. The molecule has 1 amide bonds. The second-order valence-corrected chi connectivity index (χ2v) is 4.23. The molecule has 0 radical (unpaired) electrons. The van der Waals surface area contributed by atoms with E-state index in [0.717, 1.165) is 0 Å². The lowest BCUT2D eigenvalue weighted by atomic mass is 9.96. The Morgan fingerprint density at radius 1 is 1.15 bits per heavy atom. The number of anilines is 1. The molecule has 4 N–H and O–H groups in total. The van der Waals surface area contributed by atoms with Crippen LogP contribution in [0.4, 0.5) is 5.69 Å². The molecule has 0 heterocycles. The van der Waals surface area contributed by atoms with Crippen molar-refractivity contribution >= 4 is 17.9 Å². The first-order valence-corrected chi connectivity index (χ1v) is 6.01. The van der Waals surface area contributed by atoms with Gasteiger partial charge in [-0.3, -0.25) is 9.59 Å². The van der Waals surface area contributed by atoms with Crippen molar-refractivity contribution in [2.45, 2.75) is 6.04 Å². The van der Waals surface area contributed by atoms with E-state index >= 15 is 0 Å². The zero-order valence-electron chi connectivity index (χ0n) is 10.6. The van der Waals surface area contributed by atoms with Gasteiger partial charge < -0.3 is 16.2 Å². The van der Waals surface area contributed by atoms with Crippen molar-refractivity contribution in [3.63, 3.8) is 0 Å². The van der Waals surface area contributed by atoms with E-state index in [2.05, 4.69) is 5.32 Å². The Balaban J connectivity index is 2.45. The van der Waals surface area contributed by atoms with Gasteiger partial charge in [-0.2, -0.15) is 0 Å². The van der Waals surface area contributed by atoms with Crippen LogP contribution in [0.1, 0.15) is 22.0 Å². The summed E-state index contributed by atoms with van der Waals surface area (Å²) in [6.45, 7) is 0. The molecule has 0 fully saturated rings. The van der Waals surface area contributed by atoms with Gasteiger partial charge >= 0.3 is 0 Å². The molecule has 1 atom stereocenters. The van der Waals surface area contributed by atoms with Crippen LogP contribution in [0.3, 0.4) is 0 Å². The van der Waals surface area contributed by atoms with E-state index in [1.54, 1.807) is 36.4 Å². The van der Waals surface area contributed by atoms with Gasteiger partial charge in [0.25, 0.3) is 0 Å². The van der Waals surface area contributed by atoms with E-state index in [9.17, 15) is 14.7 Å². The first-order chi connectivity index (χ1) is 9.65. The summed E-state index contributed by atoms with van der Waals surface area (Å²) in [7, 11) is 0. The molecule has 0 spiro atoms. The van der Waals surface area contributed by atoms with Crippen LogP contribution in [0.5, 0.6) is 5.75 Å². The summed E-state index contributed by atoms with van der Waals surface area (Å²) in [5, 5.41) is 12.3. The van der Waals surface area contributed by atoms with Crippen LogP contribution in [0, 0.1) is 0 Å². The molecule has 0 aliphatic rings. The molecule has 0 aliphatic heterocycles. The van der Waals surface area contributed by atoms with Gasteiger partial charge in [-0.1, -0.05) is 36.4 Å². The van der Waals surface area contributed by atoms with E-state index in [4.69, 9.17) is 5.73 Å². The van der Waals surface area contributed by atoms with Gasteiger partial charge in [-0.25, -0.2) is 0 Å². The topological polar surface area (TPSA) is 92.4 Å². The van der Waals surface area contributed by atoms with Crippen LogP contribution in [0.2, 0.25) is 0 Å². The summed E-state index contributed by atoms with van der Waals surface area (Å²) in [5.74, 6) is -0.664. The van der Waals surface area contributed by atoms with Crippen LogP contribution in [0.15, 0.2) is 48.5 Å². The number of nitrogen functional groups attached to an aromatic ring is 1. The number of amides is 1. The third kappa shape index (κ3) is 2.61. The maximum atomic E-state index is 12.5. The third-order valence-electron chi connectivity index (χ3n) is 2.95. The second kappa shape index (κ2) is 5.88. The molecular formula is C15H14N2O3. The largest absolute Gasteiger partial charge is 0.507 e.